The van der Waals surface area contributed by atoms with Crippen LogP contribution < -0.4 is 0 Å². The molecule has 0 unspecified atom stereocenters. The summed E-state index contributed by atoms with van der Waals surface area (Å²) in [6.45, 7) is 0. The third-order valence-electron chi connectivity index (χ3n) is 2.68. The van der Waals surface area contributed by atoms with Gasteiger partial charge in [0.05, 0.1) is 5.52 Å². The number of imidazole rings is 1. The molecule has 96 valence electrons. The lowest BCUT2D eigenvalue weighted by atomic mass is 10.2. The molecular formula is C13H6Br2F2N2. The van der Waals surface area contributed by atoms with Crippen LogP contribution in [0, 0.1) is 11.6 Å². The Morgan fingerprint density at radius 2 is 1.68 bits per heavy atom. The lowest BCUT2D eigenvalue weighted by molar-refractivity contribution is 0.515. The third kappa shape index (κ3) is 2.30. The van der Waals surface area contributed by atoms with Gasteiger partial charge >= 0.3 is 0 Å². The zero-order valence-corrected chi connectivity index (χ0v) is 12.5. The molecule has 1 aromatic heterocycles. The number of benzene rings is 2. The van der Waals surface area contributed by atoms with Crippen LogP contribution in [0.25, 0.3) is 22.4 Å². The van der Waals surface area contributed by atoms with Crippen molar-refractivity contribution >= 4 is 42.9 Å². The number of nitrogens with zero attached hydrogens (tertiary/aromatic N) is 1. The van der Waals surface area contributed by atoms with Gasteiger partial charge in [-0.05, 0) is 30.3 Å². The highest BCUT2D eigenvalue weighted by atomic mass is 79.9. The molecule has 0 fully saturated rings. The van der Waals surface area contributed by atoms with Gasteiger partial charge in [0.1, 0.15) is 11.3 Å². The molecule has 0 saturated heterocycles. The van der Waals surface area contributed by atoms with Crippen molar-refractivity contribution in [2.75, 3.05) is 0 Å². The zero-order valence-electron chi connectivity index (χ0n) is 9.35. The summed E-state index contributed by atoms with van der Waals surface area (Å²) in [5.41, 5.74) is 1.24. The first kappa shape index (κ1) is 12.7. The van der Waals surface area contributed by atoms with Crippen LogP contribution in [0.5, 0.6) is 0 Å². The fourth-order valence-corrected chi connectivity index (χ4v) is 3.14. The van der Waals surface area contributed by atoms with Gasteiger partial charge in [-0.1, -0.05) is 31.9 Å². The van der Waals surface area contributed by atoms with E-state index in [2.05, 4.69) is 41.8 Å². The molecule has 0 radical (unpaired) electrons. The summed E-state index contributed by atoms with van der Waals surface area (Å²) in [6, 6.07) is 8.12. The first-order valence-electron chi connectivity index (χ1n) is 5.35. The van der Waals surface area contributed by atoms with E-state index in [-0.39, 0.29) is 5.52 Å². The van der Waals surface area contributed by atoms with E-state index in [1.165, 1.54) is 6.07 Å². The second kappa shape index (κ2) is 4.68. The Morgan fingerprint density at radius 3 is 2.37 bits per heavy atom. The highest BCUT2D eigenvalue weighted by Gasteiger charge is 2.13. The first-order chi connectivity index (χ1) is 9.04. The zero-order chi connectivity index (χ0) is 13.6. The van der Waals surface area contributed by atoms with Crippen molar-refractivity contribution in [2.24, 2.45) is 0 Å². The van der Waals surface area contributed by atoms with Gasteiger partial charge in [0.15, 0.2) is 11.6 Å². The lowest BCUT2D eigenvalue weighted by Crippen LogP contribution is -1.84. The number of H-pyrrole nitrogens is 1. The Balaban J connectivity index is 2.23. The van der Waals surface area contributed by atoms with Gasteiger partial charge in [0.25, 0.3) is 0 Å². The van der Waals surface area contributed by atoms with Crippen molar-refractivity contribution in [1.82, 2.24) is 9.97 Å². The average Bonchev–Trinajstić information content (AvgIpc) is 2.77. The van der Waals surface area contributed by atoms with Crippen LogP contribution in [0.3, 0.4) is 0 Å². The van der Waals surface area contributed by atoms with Crippen molar-refractivity contribution in [3.05, 3.63) is 50.9 Å². The van der Waals surface area contributed by atoms with Crippen LogP contribution in [0.1, 0.15) is 0 Å². The van der Waals surface area contributed by atoms with Crippen molar-refractivity contribution in [1.29, 1.82) is 0 Å². The number of aromatic amines is 1. The standard InChI is InChI=1S/C13H6Br2F2N2/c14-7-3-6(4-8(15)5-7)13-18-10-2-1-9(16)11(17)12(10)19-13/h1-5H,(H,18,19). The van der Waals surface area contributed by atoms with E-state index in [0.717, 1.165) is 20.6 Å². The number of aromatic nitrogens is 2. The highest BCUT2D eigenvalue weighted by molar-refractivity contribution is 9.11. The Hall–Kier alpha value is -1.27. The van der Waals surface area contributed by atoms with Crippen LogP contribution in [-0.4, -0.2) is 9.97 Å². The molecule has 2 aromatic carbocycles. The Labute approximate surface area is 124 Å². The molecule has 0 amide bonds. The minimum Gasteiger partial charge on any atom is -0.338 e. The van der Waals surface area contributed by atoms with E-state index in [1.807, 2.05) is 18.2 Å². The molecule has 0 aliphatic heterocycles. The van der Waals surface area contributed by atoms with E-state index >= 15 is 0 Å². The molecule has 0 spiro atoms. The van der Waals surface area contributed by atoms with Gasteiger partial charge < -0.3 is 4.98 Å². The Kier molecular flexibility index (Phi) is 3.14. The molecule has 19 heavy (non-hydrogen) atoms. The van der Waals surface area contributed by atoms with Crippen LogP contribution in [0.4, 0.5) is 8.78 Å². The third-order valence-corrected chi connectivity index (χ3v) is 3.60. The maximum Gasteiger partial charge on any atom is 0.186 e. The van der Waals surface area contributed by atoms with Crippen LogP contribution >= 0.6 is 31.9 Å². The van der Waals surface area contributed by atoms with Crippen molar-refractivity contribution in [3.63, 3.8) is 0 Å². The predicted molar refractivity (Wildman–Crippen MR) is 76.8 cm³/mol. The van der Waals surface area contributed by atoms with E-state index in [0.29, 0.717) is 11.3 Å². The van der Waals surface area contributed by atoms with Gasteiger partial charge in [0.2, 0.25) is 0 Å². The average molecular weight is 388 g/mol. The molecule has 2 nitrogen and oxygen atoms in total. The number of nitrogens with one attached hydrogen (secondary N) is 1. The summed E-state index contributed by atoms with van der Waals surface area (Å²) in [5, 5.41) is 0. The van der Waals surface area contributed by atoms with Crippen LogP contribution in [0.2, 0.25) is 0 Å². The Bertz CT molecular complexity index is 763. The summed E-state index contributed by atoms with van der Waals surface area (Å²) in [6.07, 6.45) is 0. The molecule has 0 bridgehead atoms. The first-order valence-corrected chi connectivity index (χ1v) is 6.93. The molecule has 0 aliphatic carbocycles. The van der Waals surface area contributed by atoms with Gasteiger partial charge in [-0.25, -0.2) is 13.8 Å². The van der Waals surface area contributed by atoms with Crippen LogP contribution in [0.15, 0.2) is 39.3 Å². The van der Waals surface area contributed by atoms with Crippen LogP contribution in [-0.2, 0) is 0 Å². The summed E-state index contributed by atoms with van der Waals surface area (Å²) in [5.74, 6) is -1.35. The van der Waals surface area contributed by atoms with E-state index in [9.17, 15) is 8.78 Å². The maximum atomic E-state index is 13.6. The predicted octanol–water partition coefficient (Wildman–Crippen LogP) is 5.03. The SMILES string of the molecule is Fc1ccc2[nH]c(-c3cc(Br)cc(Br)c3)nc2c1F. The Morgan fingerprint density at radius 1 is 1.00 bits per heavy atom. The molecule has 0 aliphatic rings. The molecule has 1 heterocycles. The minimum absolute atomic E-state index is 0.00565. The number of rotatable bonds is 1. The smallest absolute Gasteiger partial charge is 0.186 e. The maximum absolute atomic E-state index is 13.6. The van der Waals surface area contributed by atoms with Gasteiger partial charge in [-0.3, -0.25) is 0 Å². The molecule has 3 rings (SSSR count). The van der Waals surface area contributed by atoms with E-state index in [1.54, 1.807) is 0 Å². The molecule has 0 atom stereocenters. The molecule has 3 aromatic rings. The van der Waals surface area contributed by atoms with Crippen molar-refractivity contribution < 1.29 is 8.78 Å². The summed E-state index contributed by atoms with van der Waals surface area (Å²) in [4.78, 5) is 7.09. The number of fused-ring (bicyclic) bond motifs is 1. The quantitative estimate of drug-likeness (QED) is 0.623. The fourth-order valence-electron chi connectivity index (χ4n) is 1.84. The molecular weight excluding hydrogens is 382 g/mol. The normalized spacial score (nSPS) is 11.2. The van der Waals surface area contributed by atoms with E-state index in [4.69, 9.17) is 0 Å². The molecule has 6 heteroatoms. The fraction of sp³-hybridized carbons (Fsp3) is 0. The topological polar surface area (TPSA) is 28.7 Å². The molecule has 0 saturated carbocycles. The summed E-state index contributed by atoms with van der Waals surface area (Å²) in [7, 11) is 0. The number of hydrogen-bond donors (Lipinski definition) is 1. The van der Waals surface area contributed by atoms with Gasteiger partial charge in [0, 0.05) is 14.5 Å². The molecule has 1 N–H and O–H groups in total. The lowest BCUT2D eigenvalue weighted by Gasteiger charge is -1.99. The minimum atomic E-state index is -0.936. The largest absolute Gasteiger partial charge is 0.338 e. The van der Waals surface area contributed by atoms with E-state index < -0.39 is 11.6 Å². The highest BCUT2D eigenvalue weighted by Crippen LogP contribution is 2.28. The summed E-state index contributed by atoms with van der Waals surface area (Å²) < 4.78 is 28.5. The second-order valence-corrected chi connectivity index (χ2v) is 5.83. The second-order valence-electron chi connectivity index (χ2n) is 4.00. The monoisotopic (exact) mass is 386 g/mol. The summed E-state index contributed by atoms with van der Waals surface area (Å²) >= 11 is 6.75. The number of halogens is 4. The van der Waals surface area contributed by atoms with Crippen molar-refractivity contribution in [2.45, 2.75) is 0 Å². The van der Waals surface area contributed by atoms with Gasteiger partial charge in [-0.15, -0.1) is 0 Å². The number of hydrogen-bond acceptors (Lipinski definition) is 1. The van der Waals surface area contributed by atoms with Crippen molar-refractivity contribution in [3.8, 4) is 11.4 Å². The van der Waals surface area contributed by atoms with Gasteiger partial charge in [-0.2, -0.15) is 0 Å².